The van der Waals surface area contributed by atoms with Gasteiger partial charge >= 0.3 is 24.4 Å². The lowest BCUT2D eigenvalue weighted by Gasteiger charge is -2.39. The normalized spacial score (nSPS) is 19.1. The standard InChI is InChI=1S/C25H42N2O6Si.C25H40N2O5Si/c1-24(2,3)32-23(30)27-16-20(33-34(7,8)25(4,5)6)21(28)19(27)14-15-26-22(29)31-17-18-12-10-9-11-13-18;1-24(2,3)31-23(29)27-17-21(32-33(7,8)25(4,5)6)16-20(27)14-15-26-22(28)30-18-19-12-10-9-11-13-19/h9-13,19-21,28H,14-17H2,1-8H3,(H,26,29);9-13,16,20H,14-15,17-18H2,1-8H3,(H,26,28)/t19-,20-,21-;20-/m11/s1. The van der Waals surface area contributed by atoms with Crippen molar-refractivity contribution < 1.29 is 52.1 Å². The summed E-state index contributed by atoms with van der Waals surface area (Å²) in [6.45, 7) is 34.1. The van der Waals surface area contributed by atoms with E-state index in [1.807, 2.05) is 87.5 Å². The van der Waals surface area contributed by atoms with E-state index in [1.165, 1.54) is 4.90 Å². The Bertz CT molecular complexity index is 1940. The van der Waals surface area contributed by atoms with Crippen molar-refractivity contribution in [2.75, 3.05) is 26.2 Å². The number of ether oxygens (including phenoxy) is 4. The average molecular weight is 971 g/mol. The monoisotopic (exact) mass is 971 g/mol. The molecule has 2 heterocycles. The van der Waals surface area contributed by atoms with Gasteiger partial charge in [0.1, 0.15) is 30.5 Å². The van der Waals surface area contributed by atoms with Gasteiger partial charge in [0.2, 0.25) is 8.32 Å². The van der Waals surface area contributed by atoms with Gasteiger partial charge in [0, 0.05) is 13.1 Å². The number of benzene rings is 2. The summed E-state index contributed by atoms with van der Waals surface area (Å²) in [5.74, 6) is 0.795. The molecule has 17 heteroatoms. The lowest BCUT2D eigenvalue weighted by atomic mass is 10.1. The van der Waals surface area contributed by atoms with E-state index in [1.54, 1.807) is 25.7 Å². The SMILES string of the molecule is CC(C)(C)OC(=O)N1CC(O[Si](C)(C)C(C)(C)C)=C[C@H]1CCNC(=O)OCc1ccccc1.CC(C)(C)OC(=O)N1C[C@@H](O[Si](C)(C)C(C)(C)C)[C@H](O)[C@H]1CCNC(=O)OCc1ccccc1. The molecule has 3 N–H and O–H groups in total. The summed E-state index contributed by atoms with van der Waals surface area (Å²) in [7, 11) is -4.21. The van der Waals surface area contributed by atoms with Crippen LogP contribution in [0.2, 0.25) is 36.3 Å². The second-order valence-corrected chi connectivity index (χ2v) is 31.8. The van der Waals surface area contributed by atoms with E-state index >= 15 is 0 Å². The fourth-order valence-electron chi connectivity index (χ4n) is 6.53. The Kier molecular flexibility index (Phi) is 20.0. The largest absolute Gasteiger partial charge is 0.545 e. The van der Waals surface area contributed by atoms with Gasteiger partial charge in [-0.05, 0) is 108 Å². The molecule has 376 valence electrons. The number of aliphatic hydroxyl groups excluding tert-OH is 1. The van der Waals surface area contributed by atoms with Crippen molar-refractivity contribution in [3.8, 4) is 0 Å². The molecule has 15 nitrogen and oxygen atoms in total. The minimum absolute atomic E-state index is 0.0361. The zero-order valence-electron chi connectivity index (χ0n) is 43.2. The number of hydrogen-bond acceptors (Lipinski definition) is 11. The summed E-state index contributed by atoms with van der Waals surface area (Å²) < 4.78 is 34.6. The van der Waals surface area contributed by atoms with Crippen LogP contribution in [-0.4, -0.2) is 118 Å². The van der Waals surface area contributed by atoms with Crippen molar-refractivity contribution in [2.45, 2.75) is 181 Å². The van der Waals surface area contributed by atoms with Crippen LogP contribution in [0.25, 0.3) is 0 Å². The quantitative estimate of drug-likeness (QED) is 0.121. The maximum atomic E-state index is 12.9. The second-order valence-electron chi connectivity index (χ2n) is 22.3. The highest BCUT2D eigenvalue weighted by molar-refractivity contribution is 6.74. The van der Waals surface area contributed by atoms with Gasteiger partial charge in [-0.1, -0.05) is 102 Å². The van der Waals surface area contributed by atoms with Gasteiger partial charge in [-0.25, -0.2) is 19.2 Å². The fraction of sp³-hybridized carbons (Fsp3) is 0.640. The van der Waals surface area contributed by atoms with Crippen molar-refractivity contribution >= 4 is 41.0 Å². The third-order valence-corrected chi connectivity index (χ3v) is 21.1. The summed E-state index contributed by atoms with van der Waals surface area (Å²) in [5, 5.41) is 16.6. The van der Waals surface area contributed by atoms with E-state index < -0.39 is 64.4 Å². The van der Waals surface area contributed by atoms with E-state index in [4.69, 9.17) is 27.8 Å². The van der Waals surface area contributed by atoms with Crippen molar-refractivity contribution in [3.05, 3.63) is 83.6 Å². The van der Waals surface area contributed by atoms with Crippen LogP contribution in [0.4, 0.5) is 19.2 Å². The molecule has 2 aromatic carbocycles. The number of carbonyl (C=O) groups is 4. The molecule has 2 aromatic rings. The lowest BCUT2D eigenvalue weighted by molar-refractivity contribution is 0.0128. The first kappa shape index (κ1) is 56.7. The van der Waals surface area contributed by atoms with Gasteiger partial charge in [-0.2, -0.15) is 0 Å². The van der Waals surface area contributed by atoms with Gasteiger partial charge in [0.15, 0.2) is 8.32 Å². The number of hydrogen-bond donors (Lipinski definition) is 3. The Morgan fingerprint density at radius 3 is 1.51 bits per heavy atom. The van der Waals surface area contributed by atoms with Crippen LogP contribution in [-0.2, 0) is 41.0 Å². The molecule has 0 spiro atoms. The first-order valence-electron chi connectivity index (χ1n) is 23.4. The minimum Gasteiger partial charge on any atom is -0.545 e. The third-order valence-electron chi connectivity index (χ3n) is 12.2. The number of alkyl carbamates (subject to hydrolysis) is 2. The molecule has 0 aromatic heterocycles. The molecule has 4 atom stereocenters. The summed E-state index contributed by atoms with van der Waals surface area (Å²) >= 11 is 0. The van der Waals surface area contributed by atoms with Crippen LogP contribution in [0.3, 0.4) is 0 Å². The van der Waals surface area contributed by atoms with Gasteiger partial charge in [0.25, 0.3) is 0 Å². The number of amides is 4. The van der Waals surface area contributed by atoms with E-state index in [-0.39, 0.29) is 48.5 Å². The lowest BCUT2D eigenvalue weighted by Crippen LogP contribution is -2.47. The van der Waals surface area contributed by atoms with Crippen LogP contribution in [0.5, 0.6) is 0 Å². The first-order valence-corrected chi connectivity index (χ1v) is 29.2. The van der Waals surface area contributed by atoms with Crippen LogP contribution in [0.15, 0.2) is 72.5 Å². The number of rotatable bonds is 14. The molecule has 2 aliphatic heterocycles. The Morgan fingerprint density at radius 2 is 1.07 bits per heavy atom. The number of carbonyl (C=O) groups excluding carboxylic acids is 4. The minimum atomic E-state index is -2.17. The maximum Gasteiger partial charge on any atom is 0.411 e. The highest BCUT2D eigenvalue weighted by Crippen LogP contribution is 2.40. The number of nitrogens with one attached hydrogen (secondary N) is 2. The van der Waals surface area contributed by atoms with Gasteiger partial charge in [-0.15, -0.1) is 0 Å². The average Bonchev–Trinajstić information content (AvgIpc) is 3.74. The molecule has 0 radical (unpaired) electrons. The molecule has 0 unspecified atom stereocenters. The van der Waals surface area contributed by atoms with Crippen molar-refractivity contribution in [3.63, 3.8) is 0 Å². The molecule has 67 heavy (non-hydrogen) atoms. The third kappa shape index (κ3) is 18.8. The van der Waals surface area contributed by atoms with Crippen LogP contribution in [0, 0.1) is 0 Å². The summed E-state index contributed by atoms with van der Waals surface area (Å²) in [5.41, 5.74) is 0.565. The Labute approximate surface area is 402 Å². The molecule has 0 bridgehead atoms. The van der Waals surface area contributed by atoms with Gasteiger partial charge in [-0.3, -0.25) is 9.80 Å². The van der Waals surface area contributed by atoms with Crippen molar-refractivity contribution in [2.24, 2.45) is 0 Å². The molecule has 2 aliphatic rings. The van der Waals surface area contributed by atoms with Gasteiger partial charge < -0.3 is 43.5 Å². The smallest absolute Gasteiger partial charge is 0.411 e. The summed E-state index contributed by atoms with van der Waals surface area (Å²) in [4.78, 5) is 53.2. The second kappa shape index (κ2) is 23.6. The Balaban J connectivity index is 0.000000355. The van der Waals surface area contributed by atoms with E-state index in [0.29, 0.717) is 25.9 Å². The van der Waals surface area contributed by atoms with Gasteiger partial charge in [0.05, 0.1) is 37.0 Å². The van der Waals surface area contributed by atoms with E-state index in [0.717, 1.165) is 16.9 Å². The number of aliphatic hydroxyl groups is 1. The van der Waals surface area contributed by atoms with Crippen LogP contribution < -0.4 is 10.6 Å². The fourth-order valence-corrected chi connectivity index (χ4v) is 8.95. The molecule has 4 rings (SSSR count). The molecule has 4 amide bonds. The highest BCUT2D eigenvalue weighted by atomic mass is 28.4. The van der Waals surface area contributed by atoms with Crippen molar-refractivity contribution in [1.82, 2.24) is 20.4 Å². The topological polar surface area (TPSA) is 174 Å². The Morgan fingerprint density at radius 1 is 0.642 bits per heavy atom. The summed E-state index contributed by atoms with van der Waals surface area (Å²) in [6, 6.07) is 18.2. The molecular weight excluding hydrogens is 889 g/mol. The highest BCUT2D eigenvalue weighted by Gasteiger charge is 2.49. The first-order chi connectivity index (χ1) is 30.8. The summed E-state index contributed by atoms with van der Waals surface area (Å²) in [6.07, 6.45) is -0.443. The van der Waals surface area contributed by atoms with E-state index in [9.17, 15) is 24.3 Å². The number of likely N-dealkylation sites (tertiary alicyclic amines) is 1. The molecule has 1 fully saturated rings. The zero-order valence-corrected chi connectivity index (χ0v) is 45.2. The molecule has 0 aliphatic carbocycles. The van der Waals surface area contributed by atoms with E-state index in [2.05, 4.69) is 78.4 Å². The Hall–Kier alpha value is -4.59. The van der Waals surface area contributed by atoms with Crippen LogP contribution in [0.1, 0.15) is 107 Å². The number of nitrogens with zero attached hydrogens (tertiary/aromatic N) is 2. The molecule has 0 saturated carbocycles. The predicted molar refractivity (Wildman–Crippen MR) is 266 cm³/mol. The zero-order chi connectivity index (χ0) is 50.6. The van der Waals surface area contributed by atoms with Crippen LogP contribution >= 0.6 is 0 Å². The maximum absolute atomic E-state index is 12.9. The predicted octanol–water partition coefficient (Wildman–Crippen LogP) is 10.5. The van der Waals surface area contributed by atoms with Crippen molar-refractivity contribution in [1.29, 1.82) is 0 Å². The molecular formula is C50H82N4O11Si2. The molecule has 1 saturated heterocycles.